The molecular formula is C10H18N4O2. The Balaban J connectivity index is 2.44. The highest BCUT2D eigenvalue weighted by molar-refractivity contribution is 6.01. The fourth-order valence-corrected chi connectivity index (χ4v) is 1.34. The summed E-state index contributed by atoms with van der Waals surface area (Å²) in [6.07, 6.45) is 0.795. The van der Waals surface area contributed by atoms with Crippen LogP contribution in [0, 0.1) is 5.92 Å². The van der Waals surface area contributed by atoms with Crippen LogP contribution in [0.2, 0.25) is 0 Å². The molecule has 2 amide bonds. The van der Waals surface area contributed by atoms with Gasteiger partial charge in [-0.1, -0.05) is 13.8 Å². The Bertz CT molecular complexity index is 312. The molecule has 0 aromatic carbocycles. The number of hydrogen-bond acceptors (Lipinski definition) is 3. The number of carbonyl (C=O) groups is 2. The van der Waals surface area contributed by atoms with Gasteiger partial charge in [-0.3, -0.25) is 19.9 Å². The summed E-state index contributed by atoms with van der Waals surface area (Å²) in [5.41, 5.74) is 5.62. The zero-order valence-electron chi connectivity index (χ0n) is 9.62. The van der Waals surface area contributed by atoms with Crippen molar-refractivity contribution in [2.24, 2.45) is 16.6 Å². The highest BCUT2D eigenvalue weighted by Crippen LogP contribution is 2.03. The zero-order valence-corrected chi connectivity index (χ0v) is 9.62. The summed E-state index contributed by atoms with van der Waals surface area (Å²) in [5, 5.41) is 5.06. The van der Waals surface area contributed by atoms with Crippen LogP contribution in [0.3, 0.4) is 0 Å². The second kappa shape index (κ2) is 5.48. The van der Waals surface area contributed by atoms with Crippen molar-refractivity contribution in [3.8, 4) is 0 Å². The molecule has 1 aliphatic heterocycles. The first kappa shape index (κ1) is 12.5. The number of carbonyl (C=O) groups excluding carboxylic acids is 2. The summed E-state index contributed by atoms with van der Waals surface area (Å²) >= 11 is 0. The van der Waals surface area contributed by atoms with Gasteiger partial charge in [0, 0.05) is 13.0 Å². The third-order valence-corrected chi connectivity index (χ3v) is 2.19. The van der Waals surface area contributed by atoms with E-state index < -0.39 is 6.04 Å². The maximum Gasteiger partial charge on any atom is 0.249 e. The van der Waals surface area contributed by atoms with E-state index in [2.05, 4.69) is 15.6 Å². The van der Waals surface area contributed by atoms with E-state index in [-0.39, 0.29) is 17.8 Å². The summed E-state index contributed by atoms with van der Waals surface area (Å²) in [4.78, 5) is 26.4. The van der Waals surface area contributed by atoms with Crippen LogP contribution in [-0.4, -0.2) is 30.4 Å². The number of hydrogen-bond donors (Lipinski definition) is 3. The van der Waals surface area contributed by atoms with Gasteiger partial charge >= 0.3 is 0 Å². The summed E-state index contributed by atoms with van der Waals surface area (Å²) in [5.74, 6) is 0.102. The van der Waals surface area contributed by atoms with Gasteiger partial charge in [-0.2, -0.15) is 0 Å². The number of imide groups is 1. The SMILES string of the molecule is CC(C)CN=C(N)NC1CCC(=O)NC1=O. The Morgan fingerprint density at radius 1 is 1.62 bits per heavy atom. The quantitative estimate of drug-likeness (QED) is 0.338. The van der Waals surface area contributed by atoms with Gasteiger partial charge in [-0.15, -0.1) is 0 Å². The molecule has 6 nitrogen and oxygen atoms in total. The van der Waals surface area contributed by atoms with E-state index >= 15 is 0 Å². The van der Waals surface area contributed by atoms with E-state index in [4.69, 9.17) is 5.73 Å². The molecule has 1 unspecified atom stereocenters. The molecule has 1 atom stereocenters. The first-order valence-electron chi connectivity index (χ1n) is 5.39. The lowest BCUT2D eigenvalue weighted by Crippen LogP contribution is -2.54. The molecule has 0 radical (unpaired) electrons. The molecule has 6 heteroatoms. The third-order valence-electron chi connectivity index (χ3n) is 2.19. The van der Waals surface area contributed by atoms with Gasteiger partial charge in [0.25, 0.3) is 0 Å². The fraction of sp³-hybridized carbons (Fsp3) is 0.700. The smallest absolute Gasteiger partial charge is 0.249 e. The molecule has 0 aromatic rings. The minimum atomic E-state index is -0.450. The predicted octanol–water partition coefficient (Wildman–Crippen LogP) is -0.648. The molecule has 1 heterocycles. The first-order chi connectivity index (χ1) is 7.49. The van der Waals surface area contributed by atoms with Crippen LogP contribution < -0.4 is 16.4 Å². The molecule has 0 saturated carbocycles. The van der Waals surface area contributed by atoms with Crippen LogP contribution in [0.4, 0.5) is 0 Å². The van der Waals surface area contributed by atoms with E-state index in [1.807, 2.05) is 13.8 Å². The number of nitrogens with two attached hydrogens (primary N) is 1. The number of guanidine groups is 1. The van der Waals surface area contributed by atoms with Crippen LogP contribution in [0.5, 0.6) is 0 Å². The van der Waals surface area contributed by atoms with Crippen molar-refractivity contribution < 1.29 is 9.59 Å². The Hall–Kier alpha value is -1.59. The van der Waals surface area contributed by atoms with Crippen molar-refractivity contribution in [2.75, 3.05) is 6.54 Å². The lowest BCUT2D eigenvalue weighted by atomic mass is 10.1. The topological polar surface area (TPSA) is 96.6 Å². The Morgan fingerprint density at radius 2 is 2.31 bits per heavy atom. The van der Waals surface area contributed by atoms with Crippen molar-refractivity contribution in [3.05, 3.63) is 0 Å². The molecule has 0 spiro atoms. The van der Waals surface area contributed by atoms with E-state index in [0.717, 1.165) is 0 Å². The van der Waals surface area contributed by atoms with Gasteiger partial charge < -0.3 is 11.1 Å². The predicted molar refractivity (Wildman–Crippen MR) is 60.6 cm³/mol. The molecule has 1 aliphatic rings. The minimum absolute atomic E-state index is 0.235. The van der Waals surface area contributed by atoms with Gasteiger partial charge in [0.2, 0.25) is 11.8 Å². The van der Waals surface area contributed by atoms with Gasteiger partial charge in [0.15, 0.2) is 5.96 Å². The number of nitrogens with one attached hydrogen (secondary N) is 2. The van der Waals surface area contributed by atoms with Gasteiger partial charge in [0.1, 0.15) is 6.04 Å². The highest BCUT2D eigenvalue weighted by Gasteiger charge is 2.26. The Kier molecular flexibility index (Phi) is 4.28. The summed E-state index contributed by atoms with van der Waals surface area (Å²) in [7, 11) is 0. The molecule has 4 N–H and O–H groups in total. The molecule has 1 rings (SSSR count). The zero-order chi connectivity index (χ0) is 12.1. The molecule has 0 aliphatic carbocycles. The van der Waals surface area contributed by atoms with Crippen molar-refractivity contribution in [1.29, 1.82) is 0 Å². The van der Waals surface area contributed by atoms with E-state index in [9.17, 15) is 9.59 Å². The summed E-state index contributed by atoms with van der Waals surface area (Å²) in [6.45, 7) is 4.68. The van der Waals surface area contributed by atoms with Crippen LogP contribution >= 0.6 is 0 Å². The Labute approximate surface area is 94.7 Å². The number of nitrogens with zero attached hydrogens (tertiary/aromatic N) is 1. The average molecular weight is 226 g/mol. The molecule has 0 bridgehead atoms. The van der Waals surface area contributed by atoms with Crippen LogP contribution in [0.1, 0.15) is 26.7 Å². The minimum Gasteiger partial charge on any atom is -0.370 e. The molecule has 16 heavy (non-hydrogen) atoms. The average Bonchev–Trinajstić information content (AvgIpc) is 2.19. The number of amides is 2. The maximum atomic E-state index is 11.4. The lowest BCUT2D eigenvalue weighted by Gasteiger charge is -2.22. The molecule has 1 fully saturated rings. The van der Waals surface area contributed by atoms with E-state index in [0.29, 0.717) is 25.3 Å². The second-order valence-corrected chi connectivity index (χ2v) is 4.27. The van der Waals surface area contributed by atoms with E-state index in [1.165, 1.54) is 0 Å². The molecule has 0 aromatic heterocycles. The molecular weight excluding hydrogens is 208 g/mol. The van der Waals surface area contributed by atoms with Crippen LogP contribution in [0.25, 0.3) is 0 Å². The second-order valence-electron chi connectivity index (χ2n) is 4.27. The number of rotatable bonds is 3. The van der Waals surface area contributed by atoms with Gasteiger partial charge in [-0.05, 0) is 12.3 Å². The third kappa shape index (κ3) is 3.88. The summed E-state index contributed by atoms with van der Waals surface area (Å²) < 4.78 is 0. The van der Waals surface area contributed by atoms with Gasteiger partial charge in [0.05, 0.1) is 0 Å². The standard InChI is InChI=1S/C10H18N4O2/c1-6(2)5-12-10(11)13-7-3-4-8(15)14-9(7)16/h6-7H,3-5H2,1-2H3,(H3,11,12,13)(H,14,15,16). The maximum absolute atomic E-state index is 11.4. The van der Waals surface area contributed by atoms with Gasteiger partial charge in [-0.25, -0.2) is 0 Å². The lowest BCUT2D eigenvalue weighted by molar-refractivity contribution is -0.134. The van der Waals surface area contributed by atoms with Crippen molar-refractivity contribution in [3.63, 3.8) is 0 Å². The van der Waals surface area contributed by atoms with Crippen molar-refractivity contribution in [2.45, 2.75) is 32.7 Å². The number of piperidine rings is 1. The van der Waals surface area contributed by atoms with Crippen LogP contribution in [0.15, 0.2) is 4.99 Å². The monoisotopic (exact) mass is 226 g/mol. The largest absolute Gasteiger partial charge is 0.370 e. The van der Waals surface area contributed by atoms with E-state index in [1.54, 1.807) is 0 Å². The first-order valence-corrected chi connectivity index (χ1v) is 5.39. The Morgan fingerprint density at radius 3 is 2.88 bits per heavy atom. The molecule has 1 saturated heterocycles. The highest BCUT2D eigenvalue weighted by atomic mass is 16.2. The number of aliphatic imine (C=N–C) groups is 1. The molecule has 90 valence electrons. The van der Waals surface area contributed by atoms with Crippen molar-refractivity contribution >= 4 is 17.8 Å². The summed E-state index contributed by atoms with van der Waals surface area (Å²) in [6, 6.07) is -0.450. The fourth-order valence-electron chi connectivity index (χ4n) is 1.34. The van der Waals surface area contributed by atoms with Crippen molar-refractivity contribution in [1.82, 2.24) is 10.6 Å². The van der Waals surface area contributed by atoms with Crippen LogP contribution in [-0.2, 0) is 9.59 Å². The normalized spacial score (nSPS) is 22.2.